The van der Waals surface area contributed by atoms with Crippen molar-refractivity contribution in [2.75, 3.05) is 0 Å². The first-order chi connectivity index (χ1) is 28.7. The van der Waals surface area contributed by atoms with Crippen LogP contribution in [0.25, 0.3) is 92.2 Å². The standard InChI is InChI=1S/C56H37NS/c1-2-10-36(11-3-1)37-18-20-38(21-19-37)39-22-24-40(25-23-39)50-34-43-27-26-41(32-51(43)46-13-5-4-12-45(46)50)42-28-31-54-52(33-42)47-14-6-8-16-53(47)57(54)44-29-30-49-48-15-7-9-17-55(48)58-56(49)35-44/h1-33,35,50H,34H2. The lowest BCUT2D eigenvalue weighted by Gasteiger charge is -2.29. The lowest BCUT2D eigenvalue weighted by atomic mass is 9.75. The van der Waals surface area contributed by atoms with Crippen molar-refractivity contribution in [2.45, 2.75) is 12.3 Å². The lowest BCUT2D eigenvalue weighted by Crippen LogP contribution is -2.12. The third-order valence-electron chi connectivity index (χ3n) is 12.4. The van der Waals surface area contributed by atoms with Gasteiger partial charge in [-0.15, -0.1) is 11.3 Å². The first-order valence-electron chi connectivity index (χ1n) is 20.2. The fourth-order valence-corrected chi connectivity index (χ4v) is 10.7. The molecule has 0 N–H and O–H groups in total. The van der Waals surface area contributed by atoms with E-state index in [9.17, 15) is 0 Å². The van der Waals surface area contributed by atoms with Gasteiger partial charge in [0, 0.05) is 42.6 Å². The molecule has 1 nitrogen and oxygen atoms in total. The van der Waals surface area contributed by atoms with E-state index in [1.54, 1.807) is 0 Å². The van der Waals surface area contributed by atoms with Gasteiger partial charge in [-0.25, -0.2) is 0 Å². The van der Waals surface area contributed by atoms with Gasteiger partial charge in [0.1, 0.15) is 0 Å². The van der Waals surface area contributed by atoms with Crippen LogP contribution < -0.4 is 0 Å². The second kappa shape index (κ2) is 13.3. The molecule has 0 aliphatic heterocycles. The summed E-state index contributed by atoms with van der Waals surface area (Å²) < 4.78 is 5.09. The Hall–Kier alpha value is -7.00. The minimum Gasteiger partial charge on any atom is -0.309 e. The van der Waals surface area contributed by atoms with Crippen molar-refractivity contribution in [3.63, 3.8) is 0 Å². The summed E-state index contributed by atoms with van der Waals surface area (Å²) in [5.41, 5.74) is 18.0. The second-order valence-electron chi connectivity index (χ2n) is 15.6. The molecule has 2 heteroatoms. The number of hydrogen-bond donors (Lipinski definition) is 0. The van der Waals surface area contributed by atoms with Gasteiger partial charge >= 0.3 is 0 Å². The minimum absolute atomic E-state index is 0.304. The highest BCUT2D eigenvalue weighted by atomic mass is 32.1. The van der Waals surface area contributed by atoms with Crippen LogP contribution in [-0.2, 0) is 6.42 Å². The molecule has 11 aromatic rings. The number of fused-ring (bicyclic) bond motifs is 9. The predicted octanol–water partition coefficient (Wildman–Crippen LogP) is 15.5. The maximum Gasteiger partial charge on any atom is 0.0541 e. The summed E-state index contributed by atoms with van der Waals surface area (Å²) in [6, 6.07) is 76.6. The number of rotatable bonds is 5. The fraction of sp³-hybridized carbons (Fsp3) is 0.0357. The summed E-state index contributed by atoms with van der Waals surface area (Å²) in [6.45, 7) is 0. The lowest BCUT2D eigenvalue weighted by molar-refractivity contribution is 0.794. The van der Waals surface area contributed by atoms with Crippen molar-refractivity contribution in [1.82, 2.24) is 4.57 Å². The Labute approximate surface area is 341 Å². The molecule has 2 heterocycles. The van der Waals surface area contributed by atoms with Gasteiger partial charge < -0.3 is 4.57 Å². The molecule has 272 valence electrons. The van der Waals surface area contributed by atoms with E-state index in [4.69, 9.17) is 0 Å². The molecule has 1 aliphatic carbocycles. The quantitative estimate of drug-likeness (QED) is 0.165. The van der Waals surface area contributed by atoms with Crippen molar-refractivity contribution in [1.29, 1.82) is 0 Å². The fourth-order valence-electron chi connectivity index (χ4n) is 9.54. The number of aromatic nitrogens is 1. The number of hydrogen-bond acceptors (Lipinski definition) is 1. The van der Waals surface area contributed by atoms with Crippen LogP contribution in [0.4, 0.5) is 0 Å². The minimum atomic E-state index is 0.304. The van der Waals surface area contributed by atoms with E-state index in [1.807, 2.05) is 11.3 Å². The molecule has 1 atom stereocenters. The van der Waals surface area contributed by atoms with E-state index in [0.717, 1.165) is 6.42 Å². The highest BCUT2D eigenvalue weighted by molar-refractivity contribution is 7.25. The van der Waals surface area contributed by atoms with Gasteiger partial charge in [0.15, 0.2) is 0 Å². The topological polar surface area (TPSA) is 4.93 Å². The molecule has 1 unspecified atom stereocenters. The summed E-state index contributed by atoms with van der Waals surface area (Å²) in [4.78, 5) is 0. The van der Waals surface area contributed by atoms with Crippen LogP contribution in [0.5, 0.6) is 0 Å². The summed E-state index contributed by atoms with van der Waals surface area (Å²) >= 11 is 1.87. The van der Waals surface area contributed by atoms with Crippen molar-refractivity contribution < 1.29 is 0 Å². The maximum absolute atomic E-state index is 2.44. The maximum atomic E-state index is 2.44. The molecular weight excluding hydrogens is 719 g/mol. The smallest absolute Gasteiger partial charge is 0.0541 e. The van der Waals surface area contributed by atoms with Gasteiger partial charge in [-0.05, 0) is 110 Å². The third kappa shape index (κ3) is 5.37. The molecule has 0 saturated heterocycles. The van der Waals surface area contributed by atoms with E-state index < -0.39 is 0 Å². The molecule has 0 amide bonds. The normalized spacial score (nSPS) is 13.6. The second-order valence-corrected chi connectivity index (χ2v) is 16.7. The van der Waals surface area contributed by atoms with Crippen LogP contribution >= 0.6 is 11.3 Å². The average Bonchev–Trinajstić information content (AvgIpc) is 3.84. The molecule has 0 spiro atoms. The zero-order chi connectivity index (χ0) is 38.2. The SMILES string of the molecule is c1ccc(-c2ccc(-c3ccc(C4Cc5ccc(-c6ccc7c(c6)c6ccccc6n7-c6ccc7c(c6)sc6ccccc67)cc5-c5ccccc54)cc3)cc2)cc1. The molecule has 0 saturated carbocycles. The molecule has 12 rings (SSSR count). The molecular formula is C56H37NS. The van der Waals surface area contributed by atoms with E-state index in [2.05, 4.69) is 211 Å². The van der Waals surface area contributed by atoms with E-state index in [0.29, 0.717) is 5.92 Å². The van der Waals surface area contributed by atoms with Crippen molar-refractivity contribution in [3.8, 4) is 50.2 Å². The van der Waals surface area contributed by atoms with Crippen LogP contribution in [0.15, 0.2) is 206 Å². The summed E-state index contributed by atoms with van der Waals surface area (Å²) in [6.07, 6.45) is 0.981. The summed E-state index contributed by atoms with van der Waals surface area (Å²) in [5.74, 6) is 0.304. The first kappa shape index (κ1) is 33.2. The van der Waals surface area contributed by atoms with Crippen LogP contribution in [0.2, 0.25) is 0 Å². The highest BCUT2D eigenvalue weighted by Gasteiger charge is 2.26. The zero-order valence-electron chi connectivity index (χ0n) is 31.8. The monoisotopic (exact) mass is 755 g/mol. The van der Waals surface area contributed by atoms with Crippen molar-refractivity contribution in [2.24, 2.45) is 0 Å². The number of benzene rings is 9. The Kier molecular flexibility index (Phi) is 7.61. The van der Waals surface area contributed by atoms with Crippen LogP contribution in [0.3, 0.4) is 0 Å². The van der Waals surface area contributed by atoms with Gasteiger partial charge in [-0.1, -0.05) is 164 Å². The van der Waals surface area contributed by atoms with Gasteiger partial charge in [0.25, 0.3) is 0 Å². The van der Waals surface area contributed by atoms with E-state index in [-0.39, 0.29) is 0 Å². The number of nitrogens with zero attached hydrogens (tertiary/aromatic N) is 1. The number of para-hydroxylation sites is 1. The van der Waals surface area contributed by atoms with Gasteiger partial charge in [0.05, 0.1) is 11.0 Å². The Balaban J connectivity index is 0.880. The summed E-state index contributed by atoms with van der Waals surface area (Å²) in [7, 11) is 0. The molecule has 0 radical (unpaired) electrons. The van der Waals surface area contributed by atoms with Crippen molar-refractivity contribution >= 4 is 53.3 Å². The molecule has 9 aromatic carbocycles. The zero-order valence-corrected chi connectivity index (χ0v) is 32.6. The first-order valence-corrected chi connectivity index (χ1v) is 21.0. The Morgan fingerprint density at radius 3 is 1.81 bits per heavy atom. The Bertz CT molecular complexity index is 3350. The third-order valence-corrected chi connectivity index (χ3v) is 13.6. The van der Waals surface area contributed by atoms with Gasteiger partial charge in [-0.2, -0.15) is 0 Å². The van der Waals surface area contributed by atoms with E-state index in [1.165, 1.54) is 109 Å². The Morgan fingerprint density at radius 1 is 0.379 bits per heavy atom. The molecule has 0 bridgehead atoms. The van der Waals surface area contributed by atoms with Crippen LogP contribution in [0.1, 0.15) is 22.6 Å². The average molecular weight is 756 g/mol. The predicted molar refractivity (Wildman–Crippen MR) is 247 cm³/mol. The largest absolute Gasteiger partial charge is 0.309 e. The Morgan fingerprint density at radius 2 is 0.983 bits per heavy atom. The molecule has 0 fully saturated rings. The number of thiophene rings is 1. The van der Waals surface area contributed by atoms with Crippen molar-refractivity contribution in [3.05, 3.63) is 223 Å². The van der Waals surface area contributed by atoms with Crippen LogP contribution in [-0.4, -0.2) is 4.57 Å². The van der Waals surface area contributed by atoms with Gasteiger partial charge in [0.2, 0.25) is 0 Å². The molecule has 58 heavy (non-hydrogen) atoms. The van der Waals surface area contributed by atoms with E-state index >= 15 is 0 Å². The van der Waals surface area contributed by atoms with Crippen LogP contribution in [0, 0.1) is 0 Å². The molecule has 1 aliphatic rings. The summed E-state index contributed by atoms with van der Waals surface area (Å²) in [5, 5.41) is 5.21. The molecule has 2 aromatic heterocycles. The highest BCUT2D eigenvalue weighted by Crippen LogP contribution is 2.45. The van der Waals surface area contributed by atoms with Gasteiger partial charge in [-0.3, -0.25) is 0 Å².